The fourth-order valence-electron chi connectivity index (χ4n) is 2.42. The quantitative estimate of drug-likeness (QED) is 0.306. The molecule has 0 saturated carbocycles. The summed E-state index contributed by atoms with van der Waals surface area (Å²) in [6.45, 7) is 3.03. The Morgan fingerprint density at radius 2 is 1.88 bits per heavy atom. The molecule has 1 aromatic rings. The predicted molar refractivity (Wildman–Crippen MR) is 89.6 cm³/mol. The smallest absolute Gasteiger partial charge is 0.310 e. The monoisotopic (exact) mass is 330 g/mol. The topological polar surface area (TPSA) is 87.7 Å². The van der Waals surface area contributed by atoms with Crippen LogP contribution in [-0.4, -0.2) is 36.3 Å². The number of benzene rings is 1. The first kappa shape index (κ1) is 17.9. The summed E-state index contributed by atoms with van der Waals surface area (Å²) in [6, 6.07) is 6.66. The highest BCUT2D eigenvalue weighted by atomic mass is 16.5. The van der Waals surface area contributed by atoms with E-state index in [1.807, 2.05) is 12.2 Å². The molecule has 128 valence electrons. The van der Waals surface area contributed by atoms with Gasteiger partial charge < -0.3 is 10.1 Å². The molecule has 0 aromatic heterocycles. The number of carbonyl (C=O) groups is 2. The van der Waals surface area contributed by atoms with Crippen molar-refractivity contribution in [2.75, 3.05) is 13.2 Å². The molecule has 24 heavy (non-hydrogen) atoms. The van der Waals surface area contributed by atoms with Crippen molar-refractivity contribution in [3.63, 3.8) is 0 Å². The van der Waals surface area contributed by atoms with E-state index in [9.17, 15) is 9.59 Å². The van der Waals surface area contributed by atoms with Crippen molar-refractivity contribution in [3.05, 3.63) is 59.7 Å². The molecule has 0 fully saturated rings. The molecule has 0 spiro atoms. The molecule has 0 bridgehead atoms. The normalized spacial score (nSPS) is 19.1. The zero-order valence-electron chi connectivity index (χ0n) is 13.6. The second-order valence-electron chi connectivity index (χ2n) is 5.64. The van der Waals surface area contributed by atoms with E-state index < -0.39 is 5.91 Å². The average Bonchev–Trinajstić information content (AvgIpc) is 2.60. The van der Waals surface area contributed by atoms with Gasteiger partial charge in [-0.05, 0) is 23.6 Å². The molecule has 1 aliphatic carbocycles. The maximum atomic E-state index is 11.8. The van der Waals surface area contributed by atoms with Gasteiger partial charge in [0.05, 0.1) is 6.42 Å². The van der Waals surface area contributed by atoms with Crippen LogP contribution >= 0.6 is 0 Å². The van der Waals surface area contributed by atoms with Gasteiger partial charge in [0.25, 0.3) is 5.91 Å². The lowest BCUT2D eigenvalue weighted by Crippen LogP contribution is -2.36. The fraction of sp³-hybridized carbons (Fsp3) is 0.333. The highest BCUT2D eigenvalue weighted by Gasteiger charge is 2.13. The van der Waals surface area contributed by atoms with Gasteiger partial charge in [-0.1, -0.05) is 43.4 Å². The van der Waals surface area contributed by atoms with Crippen molar-refractivity contribution in [2.45, 2.75) is 19.4 Å². The van der Waals surface area contributed by atoms with Crippen molar-refractivity contribution in [1.82, 2.24) is 10.8 Å². The number of hydrogen-bond acceptors (Lipinski definition) is 5. The van der Waals surface area contributed by atoms with E-state index in [1.165, 1.54) is 0 Å². The van der Waals surface area contributed by atoms with Gasteiger partial charge in [-0.15, -0.1) is 0 Å². The Bertz CT molecular complexity index is 622. The lowest BCUT2D eigenvalue weighted by Gasteiger charge is -2.21. The Labute approximate surface area is 141 Å². The van der Waals surface area contributed by atoms with E-state index in [0.717, 1.165) is 5.56 Å². The van der Waals surface area contributed by atoms with Crippen molar-refractivity contribution in [3.8, 4) is 0 Å². The van der Waals surface area contributed by atoms with Gasteiger partial charge in [0, 0.05) is 18.2 Å². The SMILES string of the molecule is CC1C=CC=CC1NCCOC(=O)Cc1ccc(C(=O)NO)cc1. The number of allylic oxidation sites excluding steroid dienone is 2. The standard InChI is InChI=1S/C18H22N2O4/c1-13-4-2-3-5-16(13)19-10-11-24-17(21)12-14-6-8-15(9-7-14)18(22)20-23/h2-9,13,16,19,23H,10-12H2,1H3,(H,20,22). The number of hydrogen-bond donors (Lipinski definition) is 3. The lowest BCUT2D eigenvalue weighted by molar-refractivity contribution is -0.142. The lowest BCUT2D eigenvalue weighted by atomic mass is 9.97. The molecule has 0 saturated heterocycles. The van der Waals surface area contributed by atoms with Crippen LogP contribution < -0.4 is 10.8 Å². The minimum atomic E-state index is -0.587. The summed E-state index contributed by atoms with van der Waals surface area (Å²) in [5.41, 5.74) is 2.63. The molecule has 2 unspecified atom stereocenters. The maximum Gasteiger partial charge on any atom is 0.310 e. The number of hydroxylamine groups is 1. The number of esters is 1. The van der Waals surface area contributed by atoms with Crippen LogP contribution in [-0.2, 0) is 16.0 Å². The largest absolute Gasteiger partial charge is 0.464 e. The third kappa shape index (κ3) is 5.33. The predicted octanol–water partition coefficient (Wildman–Crippen LogP) is 1.61. The van der Waals surface area contributed by atoms with E-state index in [1.54, 1.807) is 29.7 Å². The van der Waals surface area contributed by atoms with E-state index >= 15 is 0 Å². The molecule has 1 aromatic carbocycles. The molecule has 6 heteroatoms. The number of carbonyl (C=O) groups excluding carboxylic acids is 2. The molecule has 1 amide bonds. The highest BCUT2D eigenvalue weighted by Crippen LogP contribution is 2.11. The minimum Gasteiger partial charge on any atom is -0.464 e. The van der Waals surface area contributed by atoms with Crippen LogP contribution in [0.3, 0.4) is 0 Å². The van der Waals surface area contributed by atoms with Crippen LogP contribution in [0.15, 0.2) is 48.6 Å². The first-order valence-electron chi connectivity index (χ1n) is 7.87. The van der Waals surface area contributed by atoms with Gasteiger partial charge in [0.2, 0.25) is 0 Å². The van der Waals surface area contributed by atoms with Crippen molar-refractivity contribution in [1.29, 1.82) is 0 Å². The molecule has 2 rings (SSSR count). The molecule has 0 radical (unpaired) electrons. The summed E-state index contributed by atoms with van der Waals surface area (Å²) in [5.74, 6) is -0.486. The van der Waals surface area contributed by atoms with E-state index in [-0.39, 0.29) is 18.4 Å². The van der Waals surface area contributed by atoms with Crippen LogP contribution in [0.4, 0.5) is 0 Å². The summed E-state index contributed by atoms with van der Waals surface area (Å²) in [6.07, 6.45) is 8.40. The summed E-state index contributed by atoms with van der Waals surface area (Å²) in [5, 5.41) is 11.9. The molecular weight excluding hydrogens is 308 g/mol. The Morgan fingerprint density at radius 1 is 1.17 bits per heavy atom. The zero-order chi connectivity index (χ0) is 17.4. The van der Waals surface area contributed by atoms with Gasteiger partial charge >= 0.3 is 5.97 Å². The van der Waals surface area contributed by atoms with Crippen LogP contribution in [0.1, 0.15) is 22.8 Å². The Balaban J connectivity index is 1.68. The molecule has 0 heterocycles. The van der Waals surface area contributed by atoms with Gasteiger partial charge in [0.15, 0.2) is 0 Å². The van der Waals surface area contributed by atoms with Crippen LogP contribution in [0.25, 0.3) is 0 Å². The number of rotatable bonds is 7. The Hall–Kier alpha value is -2.44. The third-order valence-corrected chi connectivity index (χ3v) is 3.82. The number of ether oxygens (including phenoxy) is 1. The Kier molecular flexibility index (Phi) is 6.72. The first-order chi connectivity index (χ1) is 11.6. The minimum absolute atomic E-state index is 0.142. The van der Waals surface area contributed by atoms with E-state index in [0.29, 0.717) is 24.6 Å². The molecule has 3 N–H and O–H groups in total. The summed E-state index contributed by atoms with van der Waals surface area (Å²) >= 11 is 0. The van der Waals surface area contributed by atoms with Crippen molar-refractivity contribution in [2.24, 2.45) is 5.92 Å². The van der Waals surface area contributed by atoms with Gasteiger partial charge in [-0.25, -0.2) is 5.48 Å². The average molecular weight is 330 g/mol. The fourth-order valence-corrected chi connectivity index (χ4v) is 2.42. The molecule has 0 aliphatic heterocycles. The maximum absolute atomic E-state index is 11.8. The van der Waals surface area contributed by atoms with Crippen molar-refractivity contribution < 1.29 is 19.5 Å². The number of amides is 1. The first-order valence-corrected chi connectivity index (χ1v) is 7.87. The van der Waals surface area contributed by atoms with Gasteiger partial charge in [0.1, 0.15) is 6.61 Å². The van der Waals surface area contributed by atoms with E-state index in [4.69, 9.17) is 9.94 Å². The van der Waals surface area contributed by atoms with Crippen molar-refractivity contribution >= 4 is 11.9 Å². The summed E-state index contributed by atoms with van der Waals surface area (Å²) < 4.78 is 5.21. The van der Waals surface area contributed by atoms with Crippen LogP contribution in [0, 0.1) is 5.92 Å². The van der Waals surface area contributed by atoms with Crippen LogP contribution in [0.2, 0.25) is 0 Å². The second kappa shape index (κ2) is 9.00. The van der Waals surface area contributed by atoms with E-state index in [2.05, 4.69) is 24.4 Å². The number of nitrogens with one attached hydrogen (secondary N) is 2. The molecular formula is C18H22N2O4. The zero-order valence-corrected chi connectivity index (χ0v) is 13.6. The molecule has 1 aliphatic rings. The highest BCUT2D eigenvalue weighted by molar-refractivity contribution is 5.93. The summed E-state index contributed by atoms with van der Waals surface area (Å²) in [4.78, 5) is 23.0. The van der Waals surface area contributed by atoms with Gasteiger partial charge in [-0.2, -0.15) is 0 Å². The second-order valence-corrected chi connectivity index (χ2v) is 5.64. The van der Waals surface area contributed by atoms with Gasteiger partial charge in [-0.3, -0.25) is 14.8 Å². The summed E-state index contributed by atoms with van der Waals surface area (Å²) in [7, 11) is 0. The third-order valence-electron chi connectivity index (χ3n) is 3.82. The Morgan fingerprint density at radius 3 is 2.54 bits per heavy atom. The molecule has 2 atom stereocenters. The molecule has 6 nitrogen and oxygen atoms in total. The van der Waals surface area contributed by atoms with Crippen LogP contribution in [0.5, 0.6) is 0 Å².